The zero-order valence-corrected chi connectivity index (χ0v) is 12.3. The normalized spacial score (nSPS) is 10.5. The first kappa shape index (κ1) is 13.7. The number of aromatic nitrogens is 3. The van der Waals surface area contributed by atoms with Gasteiger partial charge in [0.2, 0.25) is 0 Å². The van der Waals surface area contributed by atoms with Gasteiger partial charge >= 0.3 is 0 Å². The van der Waals surface area contributed by atoms with E-state index in [1.807, 2.05) is 25.5 Å². The van der Waals surface area contributed by atoms with Gasteiger partial charge in [-0.3, -0.25) is 0 Å². The molecule has 0 amide bonds. The van der Waals surface area contributed by atoms with Gasteiger partial charge in [0.25, 0.3) is 0 Å². The summed E-state index contributed by atoms with van der Waals surface area (Å²) in [5.74, 6) is 2.58. The second-order valence-electron chi connectivity index (χ2n) is 4.27. The number of rotatable bonds is 6. The standard InChI is InChI=1S/C13H19N5S/c1-4-5-11-17-12(14-3)6-13(18-11)15-7-10-9(2)16-8-19-10/h6,8H,4-5,7H2,1-3H3,(H2,14,15,17,18). The molecule has 0 spiro atoms. The lowest BCUT2D eigenvalue weighted by atomic mass is 10.3. The van der Waals surface area contributed by atoms with Gasteiger partial charge in [-0.2, -0.15) is 0 Å². The van der Waals surface area contributed by atoms with Crippen molar-refractivity contribution in [3.05, 3.63) is 28.0 Å². The smallest absolute Gasteiger partial charge is 0.133 e. The molecule has 0 bridgehead atoms. The van der Waals surface area contributed by atoms with Crippen LogP contribution < -0.4 is 10.6 Å². The third kappa shape index (κ3) is 3.64. The van der Waals surface area contributed by atoms with Crippen molar-refractivity contribution in [2.45, 2.75) is 33.2 Å². The highest BCUT2D eigenvalue weighted by molar-refractivity contribution is 7.09. The molecule has 0 saturated carbocycles. The summed E-state index contributed by atoms with van der Waals surface area (Å²) >= 11 is 1.66. The number of hydrogen-bond donors (Lipinski definition) is 2. The van der Waals surface area contributed by atoms with E-state index in [2.05, 4.69) is 32.5 Å². The minimum absolute atomic E-state index is 0.752. The van der Waals surface area contributed by atoms with E-state index in [1.165, 1.54) is 4.88 Å². The van der Waals surface area contributed by atoms with E-state index in [1.54, 1.807) is 11.3 Å². The highest BCUT2D eigenvalue weighted by atomic mass is 32.1. The van der Waals surface area contributed by atoms with Crippen molar-refractivity contribution < 1.29 is 0 Å². The molecule has 0 saturated heterocycles. The molecule has 19 heavy (non-hydrogen) atoms. The lowest BCUT2D eigenvalue weighted by molar-refractivity contribution is 0.835. The molecule has 0 atom stereocenters. The fourth-order valence-corrected chi connectivity index (χ4v) is 2.43. The summed E-state index contributed by atoms with van der Waals surface area (Å²) < 4.78 is 0. The predicted octanol–water partition coefficient (Wildman–Crippen LogP) is 2.85. The first-order valence-electron chi connectivity index (χ1n) is 6.41. The minimum Gasteiger partial charge on any atom is -0.373 e. The van der Waals surface area contributed by atoms with Gasteiger partial charge in [0.05, 0.1) is 17.7 Å². The lowest BCUT2D eigenvalue weighted by Gasteiger charge is -2.09. The molecule has 0 aromatic carbocycles. The third-order valence-electron chi connectivity index (χ3n) is 2.78. The fourth-order valence-electron chi connectivity index (χ4n) is 1.72. The highest BCUT2D eigenvalue weighted by Gasteiger charge is 2.05. The Balaban J connectivity index is 2.10. The molecule has 5 nitrogen and oxygen atoms in total. The highest BCUT2D eigenvalue weighted by Crippen LogP contribution is 2.16. The predicted molar refractivity (Wildman–Crippen MR) is 79.8 cm³/mol. The van der Waals surface area contributed by atoms with Crippen molar-refractivity contribution in [1.29, 1.82) is 0 Å². The Morgan fingerprint density at radius 1 is 1.26 bits per heavy atom. The van der Waals surface area contributed by atoms with Crippen molar-refractivity contribution in [2.75, 3.05) is 17.7 Å². The van der Waals surface area contributed by atoms with Crippen LogP contribution in [0.25, 0.3) is 0 Å². The Kier molecular flexibility index (Phi) is 4.68. The lowest BCUT2D eigenvalue weighted by Crippen LogP contribution is -2.06. The Morgan fingerprint density at radius 2 is 2.05 bits per heavy atom. The van der Waals surface area contributed by atoms with Gasteiger partial charge in [0.1, 0.15) is 17.5 Å². The van der Waals surface area contributed by atoms with E-state index in [0.717, 1.165) is 42.5 Å². The van der Waals surface area contributed by atoms with E-state index in [4.69, 9.17) is 0 Å². The van der Waals surface area contributed by atoms with Gasteiger partial charge in [-0.25, -0.2) is 15.0 Å². The number of aryl methyl sites for hydroxylation is 2. The quantitative estimate of drug-likeness (QED) is 0.850. The molecule has 0 aliphatic rings. The van der Waals surface area contributed by atoms with Crippen molar-refractivity contribution in [3.63, 3.8) is 0 Å². The molecule has 0 unspecified atom stereocenters. The van der Waals surface area contributed by atoms with E-state index in [0.29, 0.717) is 0 Å². The van der Waals surface area contributed by atoms with Crippen LogP contribution in [0.2, 0.25) is 0 Å². The number of anilines is 2. The van der Waals surface area contributed by atoms with E-state index in [9.17, 15) is 0 Å². The van der Waals surface area contributed by atoms with E-state index in [-0.39, 0.29) is 0 Å². The maximum Gasteiger partial charge on any atom is 0.133 e. The van der Waals surface area contributed by atoms with E-state index < -0.39 is 0 Å². The topological polar surface area (TPSA) is 62.7 Å². The Hall–Kier alpha value is -1.69. The molecule has 2 heterocycles. The summed E-state index contributed by atoms with van der Waals surface area (Å²) in [7, 11) is 1.87. The van der Waals surface area contributed by atoms with Gasteiger partial charge in [-0.05, 0) is 13.3 Å². The molecule has 102 valence electrons. The monoisotopic (exact) mass is 277 g/mol. The molecule has 0 radical (unpaired) electrons. The molecule has 2 rings (SSSR count). The van der Waals surface area contributed by atoms with Gasteiger partial charge in [0, 0.05) is 24.4 Å². The second-order valence-corrected chi connectivity index (χ2v) is 5.21. The molecule has 2 aromatic heterocycles. The van der Waals surface area contributed by atoms with Crippen molar-refractivity contribution >= 4 is 23.0 Å². The summed E-state index contributed by atoms with van der Waals surface area (Å²) in [6, 6.07) is 1.93. The van der Waals surface area contributed by atoms with Crippen LogP contribution in [-0.4, -0.2) is 22.0 Å². The fraction of sp³-hybridized carbons (Fsp3) is 0.462. The molecular weight excluding hydrogens is 258 g/mol. The van der Waals surface area contributed by atoms with Gasteiger partial charge in [0.15, 0.2) is 0 Å². The summed E-state index contributed by atoms with van der Waals surface area (Å²) in [4.78, 5) is 14.4. The maximum absolute atomic E-state index is 4.52. The molecule has 0 aliphatic heterocycles. The summed E-state index contributed by atoms with van der Waals surface area (Å²) in [6.45, 7) is 4.90. The Bertz CT molecular complexity index is 538. The van der Waals surface area contributed by atoms with Crippen LogP contribution in [-0.2, 0) is 13.0 Å². The second kappa shape index (κ2) is 6.47. The molecule has 6 heteroatoms. The maximum atomic E-state index is 4.52. The van der Waals surface area contributed by atoms with Crippen molar-refractivity contribution in [1.82, 2.24) is 15.0 Å². The summed E-state index contributed by atoms with van der Waals surface area (Å²) in [5.41, 5.74) is 2.95. The Labute approximate surface area is 117 Å². The number of thiazole rings is 1. The Morgan fingerprint density at radius 3 is 2.68 bits per heavy atom. The first-order valence-corrected chi connectivity index (χ1v) is 7.29. The SMILES string of the molecule is CCCc1nc(NC)cc(NCc2scnc2C)n1. The van der Waals surface area contributed by atoms with Crippen LogP contribution in [0.1, 0.15) is 29.7 Å². The molecule has 2 aromatic rings. The third-order valence-corrected chi connectivity index (χ3v) is 3.71. The molecule has 0 fully saturated rings. The molecule has 0 aliphatic carbocycles. The molecule has 2 N–H and O–H groups in total. The zero-order valence-electron chi connectivity index (χ0n) is 11.5. The van der Waals surface area contributed by atoms with Crippen LogP contribution in [0.3, 0.4) is 0 Å². The number of hydrogen-bond acceptors (Lipinski definition) is 6. The average molecular weight is 277 g/mol. The number of nitrogens with zero attached hydrogens (tertiary/aromatic N) is 3. The van der Waals surface area contributed by atoms with Crippen LogP contribution >= 0.6 is 11.3 Å². The largest absolute Gasteiger partial charge is 0.373 e. The van der Waals surface area contributed by atoms with Crippen LogP contribution in [0, 0.1) is 6.92 Å². The average Bonchev–Trinajstić information content (AvgIpc) is 2.82. The van der Waals surface area contributed by atoms with Crippen LogP contribution in [0.15, 0.2) is 11.6 Å². The first-order chi connectivity index (χ1) is 9.22. The molecular formula is C13H19N5S. The van der Waals surface area contributed by atoms with Gasteiger partial charge < -0.3 is 10.6 Å². The van der Waals surface area contributed by atoms with Crippen LogP contribution in [0.5, 0.6) is 0 Å². The summed E-state index contributed by atoms with van der Waals surface area (Å²) in [6.07, 6.45) is 1.93. The van der Waals surface area contributed by atoms with Crippen molar-refractivity contribution in [3.8, 4) is 0 Å². The van der Waals surface area contributed by atoms with Crippen molar-refractivity contribution in [2.24, 2.45) is 0 Å². The van der Waals surface area contributed by atoms with Gasteiger partial charge in [-0.15, -0.1) is 11.3 Å². The summed E-state index contributed by atoms with van der Waals surface area (Å²) in [5, 5.41) is 6.41. The minimum atomic E-state index is 0.752. The van der Waals surface area contributed by atoms with Gasteiger partial charge in [-0.1, -0.05) is 6.92 Å². The van der Waals surface area contributed by atoms with E-state index >= 15 is 0 Å². The zero-order chi connectivity index (χ0) is 13.7. The number of nitrogens with one attached hydrogen (secondary N) is 2. The van der Waals surface area contributed by atoms with Crippen LogP contribution in [0.4, 0.5) is 11.6 Å².